The van der Waals surface area contributed by atoms with Crippen LogP contribution >= 0.6 is 0 Å². The first-order chi connectivity index (χ1) is 6.35. The van der Waals surface area contributed by atoms with Crippen LogP contribution in [0.1, 0.15) is 12.8 Å². The van der Waals surface area contributed by atoms with Crippen LogP contribution in [-0.2, 0) is 33.7 Å². The van der Waals surface area contributed by atoms with Gasteiger partial charge in [0.2, 0.25) is 0 Å². The fourth-order valence-electron chi connectivity index (χ4n) is 0.476. The van der Waals surface area contributed by atoms with Crippen LogP contribution in [-0.4, -0.2) is 31.4 Å². The lowest BCUT2D eigenvalue weighted by atomic mass is 10.3. The Morgan fingerprint density at radius 2 is 1.71 bits per heavy atom. The third kappa shape index (κ3) is 7.18. The maximum Gasteiger partial charge on any atom is 0.448 e. The van der Waals surface area contributed by atoms with Gasteiger partial charge >= 0.3 is 28.8 Å². The zero-order valence-corrected chi connectivity index (χ0v) is 7.52. The number of esters is 1. The van der Waals surface area contributed by atoms with Gasteiger partial charge in [0, 0.05) is 0 Å². The van der Waals surface area contributed by atoms with E-state index in [0.29, 0.717) is 0 Å². The molecule has 0 rings (SSSR count). The lowest BCUT2D eigenvalue weighted by molar-refractivity contribution is -0.153. The monoisotopic (exact) mass is 226 g/mol. The summed E-state index contributed by atoms with van der Waals surface area (Å²) in [5, 5.41) is 0. The molecule has 0 unspecified atom stereocenters. The van der Waals surface area contributed by atoms with E-state index in [9.17, 15) is 22.8 Å². The third-order valence-electron chi connectivity index (χ3n) is 0.911. The Morgan fingerprint density at radius 3 is 2.14 bits per heavy atom. The SMILES string of the molecule is O=COC(=O)CCC(=O)OS(=O)(=O)O. The molecule has 0 fully saturated rings. The molecule has 0 aromatic heterocycles. The van der Waals surface area contributed by atoms with Crippen LogP contribution in [0.4, 0.5) is 0 Å². The first-order valence-electron chi connectivity index (χ1n) is 3.18. The molecule has 0 saturated carbocycles. The van der Waals surface area contributed by atoms with Crippen LogP contribution in [0, 0.1) is 0 Å². The summed E-state index contributed by atoms with van der Waals surface area (Å²) in [6.45, 7) is -0.129. The van der Waals surface area contributed by atoms with Gasteiger partial charge in [0.1, 0.15) is 0 Å². The summed E-state index contributed by atoms with van der Waals surface area (Å²) < 4.78 is 35.2. The van der Waals surface area contributed by atoms with Crippen LogP contribution in [0.15, 0.2) is 0 Å². The first kappa shape index (κ1) is 12.5. The summed E-state index contributed by atoms with van der Waals surface area (Å²) in [4.78, 5) is 30.5. The second-order valence-corrected chi connectivity index (χ2v) is 2.99. The molecule has 8 nitrogen and oxygen atoms in total. The first-order valence-corrected chi connectivity index (χ1v) is 4.54. The van der Waals surface area contributed by atoms with Gasteiger partial charge in [-0.2, -0.15) is 8.42 Å². The van der Waals surface area contributed by atoms with Crippen LogP contribution in [0.2, 0.25) is 0 Å². The van der Waals surface area contributed by atoms with Gasteiger partial charge in [-0.1, -0.05) is 0 Å². The van der Waals surface area contributed by atoms with Crippen molar-refractivity contribution in [1.82, 2.24) is 0 Å². The highest BCUT2D eigenvalue weighted by molar-refractivity contribution is 7.81. The van der Waals surface area contributed by atoms with Crippen LogP contribution in [0.25, 0.3) is 0 Å². The molecule has 0 aromatic carbocycles. The highest BCUT2D eigenvalue weighted by Gasteiger charge is 2.15. The van der Waals surface area contributed by atoms with Crippen molar-refractivity contribution in [2.75, 3.05) is 0 Å². The van der Waals surface area contributed by atoms with Gasteiger partial charge in [-0.3, -0.25) is 18.9 Å². The molecular weight excluding hydrogens is 220 g/mol. The quantitative estimate of drug-likeness (QED) is 0.268. The largest absolute Gasteiger partial charge is 0.448 e. The molecule has 0 aromatic rings. The van der Waals surface area contributed by atoms with Crippen molar-refractivity contribution in [3.05, 3.63) is 0 Å². The van der Waals surface area contributed by atoms with E-state index in [4.69, 9.17) is 4.55 Å². The molecule has 0 spiro atoms. The molecule has 9 heteroatoms. The van der Waals surface area contributed by atoms with Crippen molar-refractivity contribution in [3.8, 4) is 0 Å². The standard InChI is InChI=1S/C5H6O8S/c6-3-12-4(7)1-2-5(8)13-14(9,10)11/h3H,1-2H2,(H,9,10,11). The summed E-state index contributed by atoms with van der Waals surface area (Å²) in [5.41, 5.74) is 0. The molecule has 0 aliphatic heterocycles. The van der Waals surface area contributed by atoms with Crippen LogP contribution in [0.5, 0.6) is 0 Å². The average molecular weight is 226 g/mol. The molecule has 0 aliphatic rings. The molecule has 0 amide bonds. The maximum absolute atomic E-state index is 10.5. The minimum absolute atomic E-state index is 0.129. The zero-order valence-electron chi connectivity index (χ0n) is 6.70. The Balaban J connectivity index is 3.86. The smallest absolute Gasteiger partial charge is 0.395 e. The summed E-state index contributed by atoms with van der Waals surface area (Å²) in [6.07, 6.45) is -1.14. The molecule has 0 heterocycles. The highest BCUT2D eigenvalue weighted by atomic mass is 32.3. The predicted octanol–water partition coefficient (Wildman–Crippen LogP) is -1.19. The summed E-state index contributed by atoms with van der Waals surface area (Å²) >= 11 is 0. The van der Waals surface area contributed by atoms with Crippen molar-refractivity contribution in [3.63, 3.8) is 0 Å². The number of carbonyl (C=O) groups is 3. The number of hydrogen-bond donors (Lipinski definition) is 1. The number of ether oxygens (including phenoxy) is 1. The van der Waals surface area contributed by atoms with Gasteiger partial charge < -0.3 is 8.92 Å². The van der Waals surface area contributed by atoms with E-state index in [0.717, 1.165) is 0 Å². The van der Waals surface area contributed by atoms with E-state index >= 15 is 0 Å². The molecule has 0 radical (unpaired) electrons. The van der Waals surface area contributed by atoms with Gasteiger partial charge in [-0.25, -0.2) is 0 Å². The van der Waals surface area contributed by atoms with Crippen molar-refractivity contribution in [2.45, 2.75) is 12.8 Å². The number of carbonyl (C=O) groups excluding carboxylic acids is 3. The molecular formula is C5H6O8S. The van der Waals surface area contributed by atoms with E-state index in [1.165, 1.54) is 0 Å². The predicted molar refractivity (Wildman–Crippen MR) is 39.0 cm³/mol. The van der Waals surface area contributed by atoms with E-state index in [2.05, 4.69) is 8.92 Å². The van der Waals surface area contributed by atoms with E-state index in [1.54, 1.807) is 0 Å². The van der Waals surface area contributed by atoms with Crippen LogP contribution in [0.3, 0.4) is 0 Å². The van der Waals surface area contributed by atoms with Crippen molar-refractivity contribution in [1.29, 1.82) is 0 Å². The highest BCUT2D eigenvalue weighted by Crippen LogP contribution is 1.97. The summed E-state index contributed by atoms with van der Waals surface area (Å²) in [6, 6.07) is 0. The van der Waals surface area contributed by atoms with Crippen molar-refractivity contribution >= 4 is 28.8 Å². The van der Waals surface area contributed by atoms with E-state index in [-0.39, 0.29) is 6.47 Å². The van der Waals surface area contributed by atoms with E-state index < -0.39 is 35.2 Å². The minimum Gasteiger partial charge on any atom is -0.395 e. The van der Waals surface area contributed by atoms with Gasteiger partial charge in [0.25, 0.3) is 0 Å². The second-order valence-electron chi connectivity index (χ2n) is 1.97. The summed E-state index contributed by atoms with van der Waals surface area (Å²) in [7, 11) is -4.85. The fourth-order valence-corrected chi connectivity index (χ4v) is 0.794. The Kier molecular flexibility index (Phi) is 4.73. The fraction of sp³-hybridized carbons (Fsp3) is 0.400. The molecule has 0 saturated heterocycles. The molecule has 14 heavy (non-hydrogen) atoms. The Hall–Kier alpha value is -1.48. The van der Waals surface area contributed by atoms with Gasteiger partial charge in [0.05, 0.1) is 12.8 Å². The lowest BCUT2D eigenvalue weighted by Crippen LogP contribution is -2.13. The zero-order chi connectivity index (χ0) is 11.2. The number of hydrogen-bond acceptors (Lipinski definition) is 7. The molecule has 1 N–H and O–H groups in total. The normalized spacial score (nSPS) is 10.4. The molecule has 0 bridgehead atoms. The van der Waals surface area contributed by atoms with Crippen molar-refractivity contribution in [2.24, 2.45) is 0 Å². The molecule has 0 aliphatic carbocycles. The van der Waals surface area contributed by atoms with Gasteiger partial charge in [-0.15, -0.1) is 0 Å². The second kappa shape index (κ2) is 5.29. The summed E-state index contributed by atoms with van der Waals surface area (Å²) in [5.74, 6) is -2.33. The lowest BCUT2D eigenvalue weighted by Gasteiger charge is -1.98. The minimum atomic E-state index is -4.85. The Labute approximate surface area is 78.7 Å². The van der Waals surface area contributed by atoms with E-state index in [1.807, 2.05) is 0 Å². The van der Waals surface area contributed by atoms with Crippen LogP contribution < -0.4 is 0 Å². The van der Waals surface area contributed by atoms with Gasteiger partial charge in [0.15, 0.2) is 0 Å². The Morgan fingerprint density at radius 1 is 1.21 bits per heavy atom. The maximum atomic E-state index is 10.5. The molecule has 80 valence electrons. The number of rotatable bonds is 5. The third-order valence-corrected chi connectivity index (χ3v) is 1.31. The van der Waals surface area contributed by atoms with Gasteiger partial charge in [-0.05, 0) is 0 Å². The van der Waals surface area contributed by atoms with Crippen molar-refractivity contribution < 1.29 is 36.3 Å². The molecule has 0 atom stereocenters. The Bertz CT molecular complexity index is 328. The topological polar surface area (TPSA) is 124 Å². The average Bonchev–Trinajstić information content (AvgIpc) is 1.98.